The van der Waals surface area contributed by atoms with Crippen LogP contribution >= 0.6 is 0 Å². The molecule has 2 aliphatic rings. The van der Waals surface area contributed by atoms with Crippen LogP contribution in [0.4, 0.5) is 31.1 Å². The van der Waals surface area contributed by atoms with Crippen molar-refractivity contribution in [2.75, 3.05) is 13.1 Å². The monoisotopic (exact) mass is 655 g/mol. The molecule has 0 N–H and O–H groups in total. The van der Waals surface area contributed by atoms with E-state index in [2.05, 4.69) is 0 Å². The Balaban J connectivity index is 0.000000193. The van der Waals surface area contributed by atoms with Gasteiger partial charge in [-0.2, -0.15) is 26.3 Å². The molecule has 250 valence electrons. The van der Waals surface area contributed by atoms with Crippen LogP contribution in [-0.2, 0) is 17.1 Å². The molecular weight excluding hydrogens is 616 g/mol. The fourth-order valence-electron chi connectivity index (χ4n) is 6.57. The van der Waals surface area contributed by atoms with Crippen LogP contribution in [-0.4, -0.2) is 29.7 Å². The van der Waals surface area contributed by atoms with E-state index in [1.165, 1.54) is 37.5 Å². The lowest BCUT2D eigenvalue weighted by Crippen LogP contribution is -2.39. The molecule has 1 aliphatic carbocycles. The summed E-state index contributed by atoms with van der Waals surface area (Å²) in [6.45, 7) is 6.27. The lowest BCUT2D eigenvalue weighted by molar-refractivity contribution is -0.137. The number of fused-ring (bicyclic) bond motifs is 2. The van der Waals surface area contributed by atoms with Gasteiger partial charge < -0.3 is 9.64 Å². The van der Waals surface area contributed by atoms with Gasteiger partial charge in [-0.25, -0.2) is 4.79 Å². The summed E-state index contributed by atoms with van der Waals surface area (Å²) in [5.74, 6) is 0.413. The van der Waals surface area contributed by atoms with Crippen LogP contribution in [0.25, 0.3) is 27.1 Å². The van der Waals surface area contributed by atoms with Gasteiger partial charge in [0.05, 0.1) is 11.1 Å². The largest absolute Gasteiger partial charge is 0.444 e. The van der Waals surface area contributed by atoms with Gasteiger partial charge in [-0.05, 0) is 96.3 Å². The van der Waals surface area contributed by atoms with E-state index >= 15 is 0 Å². The molecule has 6 rings (SSSR count). The molecule has 9 heteroatoms. The lowest BCUT2D eigenvalue weighted by Gasteiger charge is -2.30. The second-order valence-electron chi connectivity index (χ2n) is 13.2. The molecule has 4 aromatic rings. The highest BCUT2D eigenvalue weighted by molar-refractivity contribution is 5.96. The summed E-state index contributed by atoms with van der Waals surface area (Å²) in [5.41, 5.74) is 1.10. The van der Waals surface area contributed by atoms with Crippen molar-refractivity contribution in [1.29, 1.82) is 0 Å². The van der Waals surface area contributed by atoms with Gasteiger partial charge in [0.25, 0.3) is 0 Å². The van der Waals surface area contributed by atoms with Crippen LogP contribution in [0, 0.1) is 0 Å². The Morgan fingerprint density at radius 1 is 0.702 bits per heavy atom. The van der Waals surface area contributed by atoms with Crippen molar-refractivity contribution in [3.63, 3.8) is 0 Å². The average Bonchev–Trinajstić information content (AvgIpc) is 3.03. The number of benzene rings is 4. The molecule has 4 aromatic carbocycles. The van der Waals surface area contributed by atoms with E-state index in [0.29, 0.717) is 36.2 Å². The Morgan fingerprint density at radius 2 is 1.23 bits per heavy atom. The maximum Gasteiger partial charge on any atom is 0.417 e. The molecule has 0 radical (unpaired) electrons. The summed E-state index contributed by atoms with van der Waals surface area (Å²) >= 11 is 0. The number of amides is 1. The van der Waals surface area contributed by atoms with E-state index in [1.807, 2.05) is 39.0 Å². The number of rotatable bonds is 2. The minimum Gasteiger partial charge on any atom is -0.444 e. The SMILES string of the molecule is CC(C)(C)OC(=O)N1CC=C(c2ccc(C(F)(F)F)c3ccccc23)CC1.FC(F)(F)c1ccc(C2CCCCC2)c2ccccc12. The summed E-state index contributed by atoms with van der Waals surface area (Å²) in [5, 5.41) is 1.87. The molecule has 1 fully saturated rings. The van der Waals surface area contributed by atoms with E-state index in [9.17, 15) is 31.1 Å². The third-order valence-corrected chi connectivity index (χ3v) is 8.74. The second kappa shape index (κ2) is 13.6. The van der Waals surface area contributed by atoms with E-state index in [4.69, 9.17) is 4.74 Å². The molecule has 1 aliphatic heterocycles. The summed E-state index contributed by atoms with van der Waals surface area (Å²) in [6, 6.07) is 19.1. The van der Waals surface area contributed by atoms with Crippen LogP contribution < -0.4 is 0 Å². The van der Waals surface area contributed by atoms with Crippen LogP contribution in [0.15, 0.2) is 78.9 Å². The molecule has 0 atom stereocenters. The number of hydrogen-bond donors (Lipinski definition) is 0. The molecule has 3 nitrogen and oxygen atoms in total. The zero-order valence-corrected chi connectivity index (χ0v) is 26.8. The summed E-state index contributed by atoms with van der Waals surface area (Å²) in [6.07, 6.45) is -0.816. The quantitative estimate of drug-likeness (QED) is 0.201. The van der Waals surface area contributed by atoms with Crippen LogP contribution in [0.1, 0.15) is 87.5 Å². The molecule has 0 spiro atoms. The van der Waals surface area contributed by atoms with Gasteiger partial charge in [0, 0.05) is 13.1 Å². The van der Waals surface area contributed by atoms with Gasteiger partial charge in [0.2, 0.25) is 0 Å². The molecule has 0 unspecified atom stereocenters. The number of carbonyl (C=O) groups excluding carboxylic acids is 1. The van der Waals surface area contributed by atoms with Crippen molar-refractivity contribution in [3.8, 4) is 0 Å². The Labute approximate surface area is 271 Å². The van der Waals surface area contributed by atoms with Crippen LogP contribution in [0.2, 0.25) is 0 Å². The van der Waals surface area contributed by atoms with Crippen molar-refractivity contribution in [1.82, 2.24) is 4.90 Å². The Hall–Kier alpha value is -4.01. The molecule has 0 bridgehead atoms. The smallest absolute Gasteiger partial charge is 0.417 e. The first-order chi connectivity index (χ1) is 22.1. The van der Waals surface area contributed by atoms with Gasteiger partial charge in [-0.1, -0.05) is 86.0 Å². The van der Waals surface area contributed by atoms with Crippen molar-refractivity contribution >= 4 is 33.2 Å². The van der Waals surface area contributed by atoms with Gasteiger partial charge in [0.1, 0.15) is 5.60 Å². The maximum absolute atomic E-state index is 13.3. The number of hydrogen-bond acceptors (Lipinski definition) is 2. The highest BCUT2D eigenvalue weighted by atomic mass is 19.4. The third kappa shape index (κ3) is 8.11. The zero-order chi connectivity index (χ0) is 34.0. The first-order valence-corrected chi connectivity index (χ1v) is 16.0. The summed E-state index contributed by atoms with van der Waals surface area (Å²) in [4.78, 5) is 13.8. The molecule has 0 aromatic heterocycles. The van der Waals surface area contributed by atoms with E-state index in [-0.39, 0.29) is 11.5 Å². The van der Waals surface area contributed by atoms with Gasteiger partial charge in [0.15, 0.2) is 0 Å². The predicted octanol–water partition coefficient (Wildman–Crippen LogP) is 11.8. The Bertz CT molecular complexity index is 1760. The number of nitrogens with zero attached hydrogens (tertiary/aromatic N) is 1. The number of carbonyl (C=O) groups is 1. The van der Waals surface area contributed by atoms with Crippen molar-refractivity contribution in [2.24, 2.45) is 0 Å². The normalized spacial score (nSPS) is 16.4. The molecule has 1 amide bonds. The summed E-state index contributed by atoms with van der Waals surface area (Å²) in [7, 11) is 0. The highest BCUT2D eigenvalue weighted by Gasteiger charge is 2.34. The van der Waals surface area contributed by atoms with Gasteiger partial charge >= 0.3 is 18.4 Å². The van der Waals surface area contributed by atoms with Crippen molar-refractivity contribution in [2.45, 2.75) is 83.2 Å². The Kier molecular flexibility index (Phi) is 9.94. The van der Waals surface area contributed by atoms with E-state index in [1.54, 1.807) is 41.3 Å². The number of alkyl halides is 6. The standard InChI is InChI=1S/C21H22F3NO2.C17H17F3/c1-20(2,3)27-19(26)25-12-10-14(11-13-25)15-8-9-18(21(22,23)24)17-7-5-4-6-16(15)17;18-17(19,20)16-11-10-13(12-6-2-1-3-7-12)14-8-4-5-9-15(14)16/h4-10H,11-13H2,1-3H3;4-5,8-12H,1-3,6-7H2. The second-order valence-corrected chi connectivity index (χ2v) is 13.2. The number of halogens is 6. The fourth-order valence-corrected chi connectivity index (χ4v) is 6.57. The highest BCUT2D eigenvalue weighted by Crippen LogP contribution is 2.41. The van der Waals surface area contributed by atoms with Crippen molar-refractivity contribution < 1.29 is 35.9 Å². The molecule has 1 heterocycles. The molecule has 0 saturated heterocycles. The maximum atomic E-state index is 13.3. The molecular formula is C38H39F6NO2. The minimum absolute atomic E-state index is 0.193. The van der Waals surface area contributed by atoms with E-state index < -0.39 is 29.1 Å². The van der Waals surface area contributed by atoms with Crippen LogP contribution in [0.5, 0.6) is 0 Å². The first-order valence-electron chi connectivity index (χ1n) is 16.0. The zero-order valence-electron chi connectivity index (χ0n) is 26.8. The first kappa shape index (κ1) is 34.3. The average molecular weight is 656 g/mol. The molecule has 47 heavy (non-hydrogen) atoms. The third-order valence-electron chi connectivity index (χ3n) is 8.74. The van der Waals surface area contributed by atoms with Crippen LogP contribution in [0.3, 0.4) is 0 Å². The summed E-state index contributed by atoms with van der Waals surface area (Å²) < 4.78 is 84.5. The lowest BCUT2D eigenvalue weighted by atomic mass is 9.81. The fraction of sp³-hybridized carbons (Fsp3) is 0.395. The van der Waals surface area contributed by atoms with Crippen molar-refractivity contribution in [3.05, 3.63) is 101 Å². The van der Waals surface area contributed by atoms with Gasteiger partial charge in [-0.3, -0.25) is 0 Å². The molecule has 1 saturated carbocycles. The Morgan fingerprint density at radius 3 is 1.77 bits per heavy atom. The topological polar surface area (TPSA) is 29.5 Å². The number of ether oxygens (including phenoxy) is 1. The van der Waals surface area contributed by atoms with Gasteiger partial charge in [-0.15, -0.1) is 0 Å². The van der Waals surface area contributed by atoms with E-state index in [0.717, 1.165) is 41.0 Å². The minimum atomic E-state index is -4.40. The predicted molar refractivity (Wildman–Crippen MR) is 174 cm³/mol.